The summed E-state index contributed by atoms with van der Waals surface area (Å²) in [6.07, 6.45) is 4.61. The van der Waals surface area contributed by atoms with E-state index in [1.54, 1.807) is 0 Å². The Morgan fingerprint density at radius 3 is 2.62 bits per heavy atom. The van der Waals surface area contributed by atoms with E-state index in [4.69, 9.17) is 4.74 Å². The van der Waals surface area contributed by atoms with E-state index in [2.05, 4.69) is 4.98 Å². The van der Waals surface area contributed by atoms with Gasteiger partial charge in [0.1, 0.15) is 11.6 Å². The van der Waals surface area contributed by atoms with Crippen molar-refractivity contribution in [2.75, 3.05) is 6.61 Å². The largest absolute Gasteiger partial charge is 0.494 e. The Kier molecular flexibility index (Phi) is 5.64. The molecule has 0 saturated heterocycles. The molecule has 1 heterocycles. The smallest absolute Gasteiger partial charge is 0.264 e. The van der Waals surface area contributed by atoms with E-state index < -0.39 is 21.7 Å². The molecule has 0 aliphatic rings. The maximum Gasteiger partial charge on any atom is 0.264 e. The van der Waals surface area contributed by atoms with Gasteiger partial charge in [0, 0.05) is 12.3 Å². The molecule has 0 saturated carbocycles. The van der Waals surface area contributed by atoms with E-state index in [-0.39, 0.29) is 4.90 Å². The van der Waals surface area contributed by atoms with E-state index >= 15 is 0 Å². The molecule has 6 nitrogen and oxygen atoms in total. The Morgan fingerprint density at radius 1 is 1.29 bits per heavy atom. The Hall–Kier alpha value is -2.74. The van der Waals surface area contributed by atoms with E-state index in [9.17, 15) is 17.6 Å². The fourth-order valence-electron chi connectivity index (χ4n) is 1.80. The molecule has 0 aliphatic heterocycles. The third kappa shape index (κ3) is 4.88. The normalized spacial score (nSPS) is 11.4. The van der Waals surface area contributed by atoms with Crippen molar-refractivity contribution >= 4 is 22.0 Å². The molecular weight excluding hydrogens is 335 g/mol. The fourth-order valence-corrected chi connectivity index (χ4v) is 2.74. The lowest BCUT2D eigenvalue weighted by Gasteiger charge is -2.06. The van der Waals surface area contributed by atoms with Crippen molar-refractivity contribution in [2.45, 2.75) is 11.8 Å². The Labute approximate surface area is 139 Å². The third-order valence-corrected chi connectivity index (χ3v) is 4.20. The topological polar surface area (TPSA) is 85.4 Å². The number of sulfonamides is 1. The van der Waals surface area contributed by atoms with Crippen molar-refractivity contribution in [3.05, 3.63) is 60.2 Å². The van der Waals surface area contributed by atoms with Crippen molar-refractivity contribution in [3.63, 3.8) is 0 Å². The summed E-state index contributed by atoms with van der Waals surface area (Å²) in [6.45, 7) is 2.27. The summed E-state index contributed by atoms with van der Waals surface area (Å²) in [4.78, 5) is 15.3. The second-order valence-corrected chi connectivity index (χ2v) is 6.33. The molecule has 1 aromatic heterocycles. The number of benzene rings is 1. The number of nitrogens with zero attached hydrogens (tertiary/aromatic N) is 1. The Morgan fingerprint density at radius 2 is 2.00 bits per heavy atom. The lowest BCUT2D eigenvalue weighted by molar-refractivity contribution is -0.114. The van der Waals surface area contributed by atoms with Gasteiger partial charge in [0.15, 0.2) is 0 Å². The van der Waals surface area contributed by atoms with Crippen LogP contribution in [0.4, 0.5) is 4.39 Å². The van der Waals surface area contributed by atoms with E-state index in [1.165, 1.54) is 36.5 Å². The predicted octanol–water partition coefficient (Wildman–Crippen LogP) is 2.14. The number of aromatic nitrogens is 1. The van der Waals surface area contributed by atoms with E-state index in [0.717, 1.165) is 18.3 Å². The molecule has 1 N–H and O–H groups in total. The minimum Gasteiger partial charge on any atom is -0.494 e. The minimum atomic E-state index is -4.00. The van der Waals surface area contributed by atoms with Gasteiger partial charge in [-0.1, -0.05) is 0 Å². The highest BCUT2D eigenvalue weighted by Gasteiger charge is 2.16. The summed E-state index contributed by atoms with van der Waals surface area (Å²) in [5.41, 5.74) is 0.337. The Balaban J connectivity index is 2.06. The lowest BCUT2D eigenvalue weighted by Crippen LogP contribution is -2.28. The monoisotopic (exact) mass is 350 g/mol. The fraction of sp³-hybridized carbons (Fsp3) is 0.125. The first kappa shape index (κ1) is 17.6. The number of carbonyl (C=O) groups is 1. The van der Waals surface area contributed by atoms with Gasteiger partial charge in [-0.05, 0) is 48.9 Å². The summed E-state index contributed by atoms with van der Waals surface area (Å²) in [6, 6.07) is 6.83. The standard InChI is InChI=1S/C16H15FN2O4S/c1-2-23-14-4-6-15(7-5-14)24(21,22)19-16(20)8-3-12-9-13(17)11-18-10-12/h3-11H,2H2,1H3,(H,19,20)/b8-3+. The first-order chi connectivity index (χ1) is 11.4. The summed E-state index contributed by atoms with van der Waals surface area (Å²) in [7, 11) is -4.00. The van der Waals surface area contributed by atoms with Gasteiger partial charge in [-0.15, -0.1) is 0 Å². The molecule has 0 aliphatic carbocycles. The number of amides is 1. The van der Waals surface area contributed by atoms with Crippen LogP contribution in [0.5, 0.6) is 5.75 Å². The van der Waals surface area contributed by atoms with Crippen LogP contribution in [0.25, 0.3) is 6.08 Å². The second-order valence-electron chi connectivity index (χ2n) is 4.64. The van der Waals surface area contributed by atoms with Gasteiger partial charge in [-0.2, -0.15) is 0 Å². The number of carbonyl (C=O) groups excluding carboxylic acids is 1. The molecule has 2 rings (SSSR count). The molecule has 8 heteroatoms. The predicted molar refractivity (Wildman–Crippen MR) is 86.2 cm³/mol. The molecular formula is C16H15FN2O4S. The van der Waals surface area contributed by atoms with Crippen LogP contribution in [0.3, 0.4) is 0 Å². The van der Waals surface area contributed by atoms with Crippen LogP contribution in [0, 0.1) is 5.82 Å². The van der Waals surface area contributed by atoms with Gasteiger partial charge in [-0.25, -0.2) is 17.5 Å². The molecule has 1 aromatic carbocycles. The molecule has 1 amide bonds. The summed E-state index contributed by atoms with van der Waals surface area (Å²) in [5.74, 6) is -0.881. The SMILES string of the molecule is CCOc1ccc(S(=O)(=O)NC(=O)/C=C/c2cncc(F)c2)cc1. The van der Waals surface area contributed by atoms with Crippen LogP contribution in [-0.2, 0) is 14.8 Å². The molecule has 2 aromatic rings. The third-order valence-electron chi connectivity index (χ3n) is 2.83. The summed E-state index contributed by atoms with van der Waals surface area (Å²) >= 11 is 0. The first-order valence-corrected chi connectivity index (χ1v) is 8.47. The van der Waals surface area contributed by atoms with Crippen molar-refractivity contribution in [2.24, 2.45) is 0 Å². The number of pyridine rings is 1. The van der Waals surface area contributed by atoms with Crippen LogP contribution in [-0.4, -0.2) is 25.9 Å². The van der Waals surface area contributed by atoms with Gasteiger partial charge in [0.2, 0.25) is 0 Å². The molecule has 0 spiro atoms. The number of rotatable bonds is 6. The van der Waals surface area contributed by atoms with Gasteiger partial charge in [0.05, 0.1) is 17.7 Å². The highest BCUT2D eigenvalue weighted by atomic mass is 32.2. The number of halogens is 1. The average molecular weight is 350 g/mol. The summed E-state index contributed by atoms with van der Waals surface area (Å²) < 4.78 is 44.3. The maximum atomic E-state index is 13.0. The number of hydrogen-bond donors (Lipinski definition) is 1. The number of ether oxygens (including phenoxy) is 1. The van der Waals surface area contributed by atoms with Crippen molar-refractivity contribution in [3.8, 4) is 5.75 Å². The van der Waals surface area contributed by atoms with Crippen LogP contribution in [0.15, 0.2) is 53.7 Å². The zero-order valence-corrected chi connectivity index (χ0v) is 13.6. The molecule has 126 valence electrons. The molecule has 0 fully saturated rings. The molecule has 0 bridgehead atoms. The van der Waals surface area contributed by atoms with Gasteiger partial charge in [0.25, 0.3) is 15.9 Å². The summed E-state index contributed by atoms with van der Waals surface area (Å²) in [5, 5.41) is 0. The highest BCUT2D eigenvalue weighted by molar-refractivity contribution is 7.90. The average Bonchev–Trinajstić information content (AvgIpc) is 2.53. The van der Waals surface area contributed by atoms with Crippen LogP contribution in [0.1, 0.15) is 12.5 Å². The van der Waals surface area contributed by atoms with Crippen molar-refractivity contribution < 1.29 is 22.3 Å². The molecule has 24 heavy (non-hydrogen) atoms. The maximum absolute atomic E-state index is 13.0. The van der Waals surface area contributed by atoms with Gasteiger partial charge < -0.3 is 4.74 Å². The molecule has 0 radical (unpaired) electrons. The lowest BCUT2D eigenvalue weighted by atomic mass is 10.2. The second kappa shape index (κ2) is 7.69. The molecule has 0 atom stereocenters. The highest BCUT2D eigenvalue weighted by Crippen LogP contribution is 2.15. The number of hydrogen-bond acceptors (Lipinski definition) is 5. The Bertz CT molecular complexity index is 849. The quantitative estimate of drug-likeness (QED) is 0.807. The zero-order valence-electron chi connectivity index (χ0n) is 12.8. The van der Waals surface area contributed by atoms with Crippen LogP contribution in [0.2, 0.25) is 0 Å². The van der Waals surface area contributed by atoms with E-state index in [0.29, 0.717) is 17.9 Å². The van der Waals surface area contributed by atoms with Crippen molar-refractivity contribution in [1.82, 2.24) is 9.71 Å². The molecule has 0 unspecified atom stereocenters. The van der Waals surface area contributed by atoms with Crippen LogP contribution >= 0.6 is 0 Å². The zero-order chi connectivity index (χ0) is 17.6. The van der Waals surface area contributed by atoms with E-state index in [1.807, 2.05) is 11.6 Å². The van der Waals surface area contributed by atoms with Crippen LogP contribution < -0.4 is 9.46 Å². The van der Waals surface area contributed by atoms with Crippen molar-refractivity contribution in [1.29, 1.82) is 0 Å². The first-order valence-electron chi connectivity index (χ1n) is 6.99. The van der Waals surface area contributed by atoms with Gasteiger partial charge in [-0.3, -0.25) is 9.78 Å². The minimum absolute atomic E-state index is 0.0693. The number of nitrogens with one attached hydrogen (secondary N) is 1. The van der Waals surface area contributed by atoms with Gasteiger partial charge >= 0.3 is 0 Å².